The highest BCUT2D eigenvalue weighted by molar-refractivity contribution is 7.15. The Hall–Kier alpha value is -3.06. The third kappa shape index (κ3) is 3.59. The highest BCUT2D eigenvalue weighted by atomic mass is 32.1. The van der Waals surface area contributed by atoms with Crippen molar-refractivity contribution in [2.75, 3.05) is 5.32 Å². The molecule has 0 saturated carbocycles. The lowest BCUT2D eigenvalue weighted by molar-refractivity contribution is -0.115. The van der Waals surface area contributed by atoms with Gasteiger partial charge in [0.15, 0.2) is 0 Å². The van der Waals surface area contributed by atoms with Crippen LogP contribution in [0.4, 0.5) is 10.3 Å². The molecule has 0 saturated heterocycles. The van der Waals surface area contributed by atoms with E-state index in [-0.39, 0.29) is 24.1 Å². The van der Waals surface area contributed by atoms with E-state index in [0.29, 0.717) is 4.96 Å². The van der Waals surface area contributed by atoms with Crippen molar-refractivity contribution in [3.8, 4) is 11.3 Å². The molecular weight excluding hydrogens is 363 g/mol. The van der Waals surface area contributed by atoms with Gasteiger partial charge in [0.1, 0.15) is 5.82 Å². The Labute approximate surface area is 159 Å². The molecule has 5 nitrogen and oxygen atoms in total. The van der Waals surface area contributed by atoms with Crippen LogP contribution in [0.1, 0.15) is 16.7 Å². The van der Waals surface area contributed by atoms with E-state index in [9.17, 15) is 9.18 Å². The quantitative estimate of drug-likeness (QED) is 0.571. The lowest BCUT2D eigenvalue weighted by atomic mass is 10.0. The van der Waals surface area contributed by atoms with Crippen molar-refractivity contribution in [3.05, 3.63) is 70.4 Å². The molecule has 1 amide bonds. The number of amides is 1. The fraction of sp³-hybridized carbons (Fsp3) is 0.150. The summed E-state index contributed by atoms with van der Waals surface area (Å²) >= 11 is 1.47. The van der Waals surface area contributed by atoms with Crippen molar-refractivity contribution in [2.24, 2.45) is 0 Å². The average molecular weight is 380 g/mol. The monoisotopic (exact) mass is 380 g/mol. The minimum absolute atomic E-state index is 0.136. The van der Waals surface area contributed by atoms with Crippen molar-refractivity contribution in [1.29, 1.82) is 0 Å². The van der Waals surface area contributed by atoms with Crippen LogP contribution in [0.15, 0.2) is 47.8 Å². The molecule has 136 valence electrons. The van der Waals surface area contributed by atoms with E-state index in [2.05, 4.69) is 47.4 Å². The van der Waals surface area contributed by atoms with Crippen molar-refractivity contribution >= 4 is 28.2 Å². The first kappa shape index (κ1) is 17.4. The van der Waals surface area contributed by atoms with E-state index in [1.807, 2.05) is 5.38 Å². The first-order valence-corrected chi connectivity index (χ1v) is 9.34. The number of carbonyl (C=O) groups is 1. The first-order chi connectivity index (χ1) is 13.0. The Bertz CT molecular complexity index is 1130. The van der Waals surface area contributed by atoms with Crippen molar-refractivity contribution in [2.45, 2.75) is 20.3 Å². The number of fused-ring (bicyclic) bond motifs is 1. The van der Waals surface area contributed by atoms with Gasteiger partial charge in [-0.05, 0) is 37.1 Å². The van der Waals surface area contributed by atoms with E-state index >= 15 is 0 Å². The summed E-state index contributed by atoms with van der Waals surface area (Å²) in [5, 5.41) is 9.16. The number of anilines is 1. The number of thiazole rings is 1. The molecule has 4 aromatic rings. The molecule has 0 aliphatic heterocycles. The van der Waals surface area contributed by atoms with Crippen molar-refractivity contribution in [1.82, 2.24) is 14.6 Å². The van der Waals surface area contributed by atoms with Crippen LogP contribution in [0.25, 0.3) is 16.2 Å². The third-order valence-corrected chi connectivity index (χ3v) is 5.08. The SMILES string of the molecule is Cc1ccc(-c2csc3nc(NC(=O)Cc4ccc(F)cc4)nn23)c(C)c1. The number of nitrogens with one attached hydrogen (secondary N) is 1. The smallest absolute Gasteiger partial charge is 0.250 e. The number of aryl methyl sites for hydroxylation is 2. The molecule has 0 atom stereocenters. The summed E-state index contributed by atoms with van der Waals surface area (Å²) in [4.78, 5) is 17.3. The molecule has 0 aliphatic carbocycles. The Kier molecular flexibility index (Phi) is 4.45. The van der Waals surface area contributed by atoms with Gasteiger partial charge in [-0.3, -0.25) is 10.1 Å². The van der Waals surface area contributed by atoms with Crippen LogP contribution in [0, 0.1) is 19.7 Å². The summed E-state index contributed by atoms with van der Waals surface area (Å²) in [7, 11) is 0. The Balaban J connectivity index is 1.56. The van der Waals surface area contributed by atoms with Crippen molar-refractivity contribution in [3.63, 3.8) is 0 Å². The maximum Gasteiger partial charge on any atom is 0.250 e. The Morgan fingerprint density at radius 3 is 2.70 bits per heavy atom. The third-order valence-electron chi connectivity index (χ3n) is 4.27. The van der Waals surface area contributed by atoms with Gasteiger partial charge < -0.3 is 0 Å². The van der Waals surface area contributed by atoms with E-state index in [4.69, 9.17) is 0 Å². The average Bonchev–Trinajstić information content (AvgIpc) is 3.17. The predicted octanol–water partition coefficient (Wildman–Crippen LogP) is 4.39. The molecule has 7 heteroatoms. The molecule has 1 N–H and O–H groups in total. The zero-order chi connectivity index (χ0) is 19.0. The van der Waals surface area contributed by atoms with Crippen LogP contribution >= 0.6 is 11.3 Å². The second-order valence-electron chi connectivity index (χ2n) is 6.42. The number of benzene rings is 2. The molecule has 0 bridgehead atoms. The molecule has 2 aromatic carbocycles. The number of rotatable bonds is 4. The van der Waals surface area contributed by atoms with E-state index < -0.39 is 0 Å². The summed E-state index contributed by atoms with van der Waals surface area (Å²) in [5.74, 6) is -0.304. The minimum Gasteiger partial charge on any atom is -0.293 e. The van der Waals surface area contributed by atoms with Gasteiger partial charge in [-0.2, -0.15) is 4.98 Å². The number of hydrogen-bond acceptors (Lipinski definition) is 4. The summed E-state index contributed by atoms with van der Waals surface area (Å²) in [6, 6.07) is 12.1. The predicted molar refractivity (Wildman–Crippen MR) is 105 cm³/mol. The van der Waals surface area contributed by atoms with Gasteiger partial charge in [-0.1, -0.05) is 35.9 Å². The van der Waals surface area contributed by atoms with Crippen LogP contribution in [-0.4, -0.2) is 20.5 Å². The van der Waals surface area contributed by atoms with Crippen LogP contribution in [0.3, 0.4) is 0 Å². The van der Waals surface area contributed by atoms with Gasteiger partial charge in [0.25, 0.3) is 0 Å². The molecule has 27 heavy (non-hydrogen) atoms. The molecule has 0 radical (unpaired) electrons. The topological polar surface area (TPSA) is 59.3 Å². The minimum atomic E-state index is -0.325. The second kappa shape index (κ2) is 6.92. The van der Waals surface area contributed by atoms with Crippen LogP contribution in [0.5, 0.6) is 0 Å². The highest BCUT2D eigenvalue weighted by Gasteiger charge is 2.15. The molecule has 4 rings (SSSR count). The maximum absolute atomic E-state index is 13.0. The van der Waals surface area contributed by atoms with E-state index in [1.165, 1.54) is 29.0 Å². The first-order valence-electron chi connectivity index (χ1n) is 8.46. The van der Waals surface area contributed by atoms with E-state index in [0.717, 1.165) is 22.4 Å². The summed E-state index contributed by atoms with van der Waals surface area (Å²) < 4.78 is 14.7. The maximum atomic E-state index is 13.0. The fourth-order valence-electron chi connectivity index (χ4n) is 2.98. The lowest BCUT2D eigenvalue weighted by Crippen LogP contribution is -2.15. The number of hydrogen-bond donors (Lipinski definition) is 1. The van der Waals surface area contributed by atoms with Gasteiger partial charge in [0.2, 0.25) is 16.8 Å². The number of carbonyl (C=O) groups excluding carboxylic acids is 1. The molecule has 2 aromatic heterocycles. The van der Waals surface area contributed by atoms with Gasteiger partial charge in [0.05, 0.1) is 12.1 Å². The summed E-state index contributed by atoms with van der Waals surface area (Å²) in [6.45, 7) is 4.12. The number of nitrogens with zero attached hydrogens (tertiary/aromatic N) is 3. The standard InChI is InChI=1S/C20H17FN4OS/c1-12-3-8-16(13(2)9-12)17-11-27-20-23-19(24-25(17)20)22-18(26)10-14-4-6-15(21)7-5-14/h3-9,11H,10H2,1-2H3,(H,22,24,26). The Morgan fingerprint density at radius 1 is 1.19 bits per heavy atom. The zero-order valence-electron chi connectivity index (χ0n) is 14.9. The highest BCUT2D eigenvalue weighted by Crippen LogP contribution is 2.28. The summed E-state index contributed by atoms with van der Waals surface area (Å²) in [5.41, 5.74) is 5.12. The number of halogens is 1. The van der Waals surface area contributed by atoms with Crippen LogP contribution in [-0.2, 0) is 11.2 Å². The van der Waals surface area contributed by atoms with E-state index in [1.54, 1.807) is 16.6 Å². The lowest BCUT2D eigenvalue weighted by Gasteiger charge is -2.05. The molecular formula is C20H17FN4OS. The number of aromatic nitrogens is 3. The second-order valence-corrected chi connectivity index (χ2v) is 7.26. The summed E-state index contributed by atoms with van der Waals surface area (Å²) in [6.07, 6.45) is 0.136. The molecule has 0 aliphatic rings. The normalized spacial score (nSPS) is 11.1. The molecule has 0 fully saturated rings. The Morgan fingerprint density at radius 2 is 1.96 bits per heavy atom. The van der Waals surface area contributed by atoms with Crippen LogP contribution in [0.2, 0.25) is 0 Å². The largest absolute Gasteiger partial charge is 0.293 e. The molecule has 0 unspecified atom stereocenters. The molecule has 2 heterocycles. The zero-order valence-corrected chi connectivity index (χ0v) is 15.7. The molecule has 0 spiro atoms. The van der Waals surface area contributed by atoms with Gasteiger partial charge in [0, 0.05) is 10.9 Å². The van der Waals surface area contributed by atoms with Gasteiger partial charge >= 0.3 is 0 Å². The van der Waals surface area contributed by atoms with Gasteiger partial charge in [-0.25, -0.2) is 8.91 Å². The van der Waals surface area contributed by atoms with Crippen LogP contribution < -0.4 is 5.32 Å². The van der Waals surface area contributed by atoms with Crippen molar-refractivity contribution < 1.29 is 9.18 Å². The fourth-order valence-corrected chi connectivity index (χ4v) is 3.80. The van der Waals surface area contributed by atoms with Gasteiger partial charge in [-0.15, -0.1) is 16.4 Å².